The van der Waals surface area contributed by atoms with Gasteiger partial charge in [0.05, 0.1) is 6.61 Å². The van der Waals surface area contributed by atoms with Crippen molar-refractivity contribution in [1.82, 2.24) is 10.6 Å². The molecule has 21 heavy (non-hydrogen) atoms. The molecule has 2 amide bonds. The minimum atomic E-state index is -0.195. The van der Waals surface area contributed by atoms with Gasteiger partial charge >= 0.3 is 6.03 Å². The predicted molar refractivity (Wildman–Crippen MR) is 84.0 cm³/mol. The Labute approximate surface area is 128 Å². The Morgan fingerprint density at radius 3 is 2.67 bits per heavy atom. The monoisotopic (exact) mass is 300 g/mol. The summed E-state index contributed by atoms with van der Waals surface area (Å²) >= 11 is 0. The molecule has 0 radical (unpaired) electrons. The van der Waals surface area contributed by atoms with Crippen molar-refractivity contribution >= 4 is 6.03 Å². The Balaban J connectivity index is 2.38. The third-order valence-electron chi connectivity index (χ3n) is 4.64. The van der Waals surface area contributed by atoms with Gasteiger partial charge in [-0.05, 0) is 37.5 Å². The average Bonchev–Trinajstić information content (AvgIpc) is 2.78. The third-order valence-corrected chi connectivity index (χ3v) is 4.64. The molecule has 124 valence electrons. The van der Waals surface area contributed by atoms with Gasteiger partial charge in [-0.2, -0.15) is 0 Å². The molecule has 3 atom stereocenters. The van der Waals surface area contributed by atoms with Crippen LogP contribution in [0.1, 0.15) is 52.9 Å². The Morgan fingerprint density at radius 1 is 1.38 bits per heavy atom. The number of aliphatic hydroxyl groups excluding tert-OH is 2. The minimum absolute atomic E-state index is 0.0453. The number of carbonyl (C=O) groups is 1. The van der Waals surface area contributed by atoms with Crippen LogP contribution in [0.4, 0.5) is 4.79 Å². The van der Waals surface area contributed by atoms with E-state index in [2.05, 4.69) is 24.5 Å². The summed E-state index contributed by atoms with van der Waals surface area (Å²) in [7, 11) is 0. The summed E-state index contributed by atoms with van der Waals surface area (Å²) in [6.45, 7) is 7.18. The van der Waals surface area contributed by atoms with E-state index in [4.69, 9.17) is 5.11 Å². The lowest BCUT2D eigenvalue weighted by Crippen LogP contribution is -2.49. The van der Waals surface area contributed by atoms with Crippen molar-refractivity contribution in [2.24, 2.45) is 17.3 Å². The normalized spacial score (nSPS) is 26.9. The third kappa shape index (κ3) is 5.83. The zero-order valence-electron chi connectivity index (χ0n) is 13.7. The number of nitrogens with one attached hydrogen (secondary N) is 2. The van der Waals surface area contributed by atoms with Gasteiger partial charge in [-0.25, -0.2) is 4.79 Å². The van der Waals surface area contributed by atoms with E-state index in [1.165, 1.54) is 0 Å². The second-order valence-electron chi connectivity index (χ2n) is 7.12. The SMILES string of the molecule is CC(C)CC(CCO)CNC(=O)NC1CCCC1(C)CO. The molecule has 1 aliphatic rings. The molecule has 1 aliphatic carbocycles. The molecule has 0 aliphatic heterocycles. The molecule has 5 heteroatoms. The summed E-state index contributed by atoms with van der Waals surface area (Å²) in [4.78, 5) is 12.0. The number of aliphatic hydroxyl groups is 2. The van der Waals surface area contributed by atoms with Crippen LogP contribution in [0, 0.1) is 17.3 Å². The van der Waals surface area contributed by atoms with Gasteiger partial charge in [-0.1, -0.05) is 27.2 Å². The summed E-state index contributed by atoms with van der Waals surface area (Å²) in [6.07, 6.45) is 4.64. The van der Waals surface area contributed by atoms with E-state index in [1.54, 1.807) is 0 Å². The predicted octanol–water partition coefficient (Wildman–Crippen LogP) is 1.88. The molecule has 3 unspecified atom stereocenters. The first-order valence-electron chi connectivity index (χ1n) is 8.17. The fraction of sp³-hybridized carbons (Fsp3) is 0.938. The number of urea groups is 1. The van der Waals surface area contributed by atoms with Crippen molar-refractivity contribution in [3.8, 4) is 0 Å². The average molecular weight is 300 g/mol. The first-order valence-corrected chi connectivity index (χ1v) is 8.17. The summed E-state index contributed by atoms with van der Waals surface area (Å²) in [5.74, 6) is 0.868. The molecule has 0 aromatic rings. The van der Waals surface area contributed by atoms with E-state index in [0.29, 0.717) is 18.4 Å². The molecular weight excluding hydrogens is 268 g/mol. The highest BCUT2D eigenvalue weighted by molar-refractivity contribution is 5.74. The van der Waals surface area contributed by atoms with Gasteiger partial charge in [0.1, 0.15) is 0 Å². The highest BCUT2D eigenvalue weighted by atomic mass is 16.3. The standard InChI is InChI=1S/C16H32N2O3/c1-12(2)9-13(6-8-19)10-17-15(21)18-14-5-4-7-16(14,3)11-20/h12-14,19-20H,4-11H2,1-3H3,(H2,17,18,21). The molecule has 5 nitrogen and oxygen atoms in total. The first kappa shape index (κ1) is 18.2. The van der Waals surface area contributed by atoms with Gasteiger partial charge in [0.2, 0.25) is 0 Å². The van der Waals surface area contributed by atoms with Crippen molar-refractivity contribution in [2.45, 2.75) is 58.9 Å². The van der Waals surface area contributed by atoms with Crippen LogP contribution in [0.3, 0.4) is 0 Å². The van der Waals surface area contributed by atoms with Gasteiger partial charge in [0, 0.05) is 24.6 Å². The van der Waals surface area contributed by atoms with Crippen molar-refractivity contribution in [3.63, 3.8) is 0 Å². The highest BCUT2D eigenvalue weighted by Gasteiger charge is 2.39. The van der Waals surface area contributed by atoms with Crippen LogP contribution in [0.5, 0.6) is 0 Å². The number of carbonyl (C=O) groups excluding carboxylic acids is 1. The number of hydrogen-bond acceptors (Lipinski definition) is 3. The van der Waals surface area contributed by atoms with E-state index in [0.717, 1.165) is 32.1 Å². The van der Waals surface area contributed by atoms with Gasteiger partial charge < -0.3 is 20.8 Å². The lowest BCUT2D eigenvalue weighted by Gasteiger charge is -2.30. The number of amides is 2. The van der Waals surface area contributed by atoms with Crippen LogP contribution in [0.25, 0.3) is 0 Å². The van der Waals surface area contributed by atoms with E-state index in [1.807, 2.05) is 6.92 Å². The largest absolute Gasteiger partial charge is 0.396 e. The molecule has 1 fully saturated rings. The fourth-order valence-electron chi connectivity index (χ4n) is 3.27. The molecule has 0 aromatic heterocycles. The lowest BCUT2D eigenvalue weighted by atomic mass is 9.86. The van der Waals surface area contributed by atoms with Crippen LogP contribution in [0.15, 0.2) is 0 Å². The second kappa shape index (κ2) is 8.59. The Bertz CT molecular complexity index is 323. The maximum absolute atomic E-state index is 12.0. The van der Waals surface area contributed by atoms with Crippen molar-refractivity contribution in [1.29, 1.82) is 0 Å². The topological polar surface area (TPSA) is 81.6 Å². The molecule has 4 N–H and O–H groups in total. The van der Waals surface area contributed by atoms with Gasteiger partial charge in [0.25, 0.3) is 0 Å². The summed E-state index contributed by atoms with van der Waals surface area (Å²) < 4.78 is 0. The van der Waals surface area contributed by atoms with E-state index in [-0.39, 0.29) is 30.7 Å². The summed E-state index contributed by atoms with van der Waals surface area (Å²) in [5.41, 5.74) is -0.195. The van der Waals surface area contributed by atoms with Crippen molar-refractivity contribution in [3.05, 3.63) is 0 Å². The molecule has 0 saturated heterocycles. The lowest BCUT2D eigenvalue weighted by molar-refractivity contribution is 0.121. The molecule has 0 heterocycles. The quantitative estimate of drug-likeness (QED) is 0.552. The number of rotatable bonds is 8. The molecule has 0 bridgehead atoms. The van der Waals surface area contributed by atoms with Gasteiger partial charge in [0.15, 0.2) is 0 Å². The van der Waals surface area contributed by atoms with Gasteiger partial charge in [-0.15, -0.1) is 0 Å². The van der Waals surface area contributed by atoms with Crippen LogP contribution in [-0.2, 0) is 0 Å². The van der Waals surface area contributed by atoms with Crippen LogP contribution < -0.4 is 10.6 Å². The maximum Gasteiger partial charge on any atom is 0.315 e. The van der Waals surface area contributed by atoms with E-state index < -0.39 is 0 Å². The molecule has 0 spiro atoms. The smallest absolute Gasteiger partial charge is 0.315 e. The molecular formula is C16H32N2O3. The first-order chi connectivity index (χ1) is 9.91. The fourth-order valence-corrected chi connectivity index (χ4v) is 3.27. The van der Waals surface area contributed by atoms with Crippen LogP contribution in [-0.4, -0.2) is 42.0 Å². The van der Waals surface area contributed by atoms with E-state index in [9.17, 15) is 9.90 Å². The summed E-state index contributed by atoms with van der Waals surface area (Å²) in [6, 6.07) is -0.114. The van der Waals surface area contributed by atoms with Crippen molar-refractivity contribution < 1.29 is 15.0 Å². The zero-order chi connectivity index (χ0) is 15.9. The van der Waals surface area contributed by atoms with E-state index >= 15 is 0 Å². The Morgan fingerprint density at radius 2 is 2.10 bits per heavy atom. The maximum atomic E-state index is 12.0. The van der Waals surface area contributed by atoms with Crippen molar-refractivity contribution in [2.75, 3.05) is 19.8 Å². The summed E-state index contributed by atoms with van der Waals surface area (Å²) in [5, 5.41) is 24.5. The number of hydrogen-bond donors (Lipinski definition) is 4. The molecule has 1 rings (SSSR count). The Kier molecular flexibility index (Phi) is 7.46. The molecule has 1 saturated carbocycles. The van der Waals surface area contributed by atoms with Gasteiger partial charge in [-0.3, -0.25) is 0 Å². The van der Waals surface area contributed by atoms with Crippen LogP contribution in [0.2, 0.25) is 0 Å². The second-order valence-corrected chi connectivity index (χ2v) is 7.12. The molecule has 0 aromatic carbocycles. The zero-order valence-corrected chi connectivity index (χ0v) is 13.7. The highest BCUT2D eigenvalue weighted by Crippen LogP contribution is 2.37. The van der Waals surface area contributed by atoms with Crippen LogP contribution >= 0.6 is 0 Å². The minimum Gasteiger partial charge on any atom is -0.396 e. The Hall–Kier alpha value is -0.810.